The molecule has 0 spiro atoms. The molecule has 1 aromatic carbocycles. The highest BCUT2D eigenvalue weighted by Crippen LogP contribution is 2.35. The first-order valence-corrected chi connectivity index (χ1v) is 8.75. The summed E-state index contributed by atoms with van der Waals surface area (Å²) in [6, 6.07) is 2.85. The van der Waals surface area contributed by atoms with Crippen molar-refractivity contribution in [3.8, 4) is 11.5 Å². The Hall–Kier alpha value is -2.54. The van der Waals surface area contributed by atoms with Crippen molar-refractivity contribution in [3.63, 3.8) is 0 Å². The van der Waals surface area contributed by atoms with E-state index in [1.165, 1.54) is 11.0 Å². The molecule has 1 amide bonds. The van der Waals surface area contributed by atoms with Crippen molar-refractivity contribution < 1.29 is 28.9 Å². The number of morpholine rings is 1. The van der Waals surface area contributed by atoms with E-state index in [1.54, 1.807) is 6.08 Å². The van der Waals surface area contributed by atoms with Gasteiger partial charge in [0.25, 0.3) is 0 Å². The second-order valence-electron chi connectivity index (χ2n) is 6.36. The predicted molar refractivity (Wildman–Crippen MR) is 94.4 cm³/mol. The van der Waals surface area contributed by atoms with Crippen LogP contribution in [0.25, 0.3) is 6.08 Å². The number of ether oxygens (including phenoxy) is 3. The van der Waals surface area contributed by atoms with Gasteiger partial charge in [-0.15, -0.1) is 0 Å². The van der Waals surface area contributed by atoms with E-state index in [0.717, 1.165) is 23.3 Å². The van der Waals surface area contributed by atoms with E-state index >= 15 is 0 Å². The molecule has 2 heterocycles. The largest absolute Gasteiger partial charge is 0.493 e. The molecule has 0 saturated carbocycles. The van der Waals surface area contributed by atoms with E-state index < -0.39 is 12.0 Å². The number of rotatable bonds is 5. The lowest BCUT2D eigenvalue weighted by molar-refractivity contribution is -0.156. The van der Waals surface area contributed by atoms with Crippen molar-refractivity contribution in [3.05, 3.63) is 29.3 Å². The maximum Gasteiger partial charge on any atom is 0.328 e. The molecule has 7 nitrogen and oxygen atoms in total. The molecule has 7 heteroatoms. The number of carboxylic acid groups (broad SMARTS) is 1. The minimum atomic E-state index is -1.07. The molecule has 0 radical (unpaired) electrons. The van der Waals surface area contributed by atoms with Gasteiger partial charge in [-0.2, -0.15) is 0 Å². The van der Waals surface area contributed by atoms with Crippen molar-refractivity contribution in [2.24, 2.45) is 0 Å². The molecule has 1 saturated heterocycles. The highest BCUT2D eigenvalue weighted by atomic mass is 16.5. The van der Waals surface area contributed by atoms with E-state index in [0.29, 0.717) is 19.0 Å². The Labute approximate surface area is 152 Å². The topological polar surface area (TPSA) is 85.3 Å². The fourth-order valence-electron chi connectivity index (χ4n) is 3.19. The van der Waals surface area contributed by atoms with Gasteiger partial charge in [0.1, 0.15) is 17.6 Å². The Morgan fingerprint density at radius 1 is 1.42 bits per heavy atom. The average Bonchev–Trinajstić information content (AvgIpc) is 2.98. The van der Waals surface area contributed by atoms with Crippen LogP contribution >= 0.6 is 0 Å². The number of hydrogen-bond donors (Lipinski definition) is 1. The summed E-state index contributed by atoms with van der Waals surface area (Å²) in [5, 5.41) is 9.25. The predicted octanol–water partition coefficient (Wildman–Crippen LogP) is 1.73. The number of carbonyl (C=O) groups excluding carboxylic acids is 1. The van der Waals surface area contributed by atoms with E-state index in [-0.39, 0.29) is 25.2 Å². The molecule has 0 bridgehead atoms. The van der Waals surface area contributed by atoms with Gasteiger partial charge in [0, 0.05) is 30.2 Å². The van der Waals surface area contributed by atoms with Gasteiger partial charge in [-0.25, -0.2) is 4.79 Å². The van der Waals surface area contributed by atoms with Gasteiger partial charge in [0.15, 0.2) is 6.04 Å². The number of carbonyl (C=O) groups is 2. The third kappa shape index (κ3) is 3.83. The van der Waals surface area contributed by atoms with Gasteiger partial charge in [0.2, 0.25) is 5.91 Å². The summed E-state index contributed by atoms with van der Waals surface area (Å²) >= 11 is 0. The number of aliphatic carboxylic acids is 1. The van der Waals surface area contributed by atoms with Crippen LogP contribution in [0.4, 0.5) is 0 Å². The molecule has 3 rings (SSSR count). The van der Waals surface area contributed by atoms with Crippen LogP contribution in [-0.2, 0) is 20.7 Å². The summed E-state index contributed by atoms with van der Waals surface area (Å²) in [7, 11) is 0. The standard InChI is InChI=1S/C19H23NO6/c1-3-25-16-10-14-8-12(2)26-17(14)9-13(16)4-5-18(21)20-6-7-24-11-15(20)19(22)23/h4-5,9-10,12,15H,3,6-8,11H2,1-2H3,(H,22,23)/b5-4+. The third-order valence-corrected chi connectivity index (χ3v) is 4.43. The van der Waals surface area contributed by atoms with Crippen LogP contribution in [0, 0.1) is 0 Å². The zero-order valence-electron chi connectivity index (χ0n) is 14.9. The summed E-state index contributed by atoms with van der Waals surface area (Å²) in [5.41, 5.74) is 1.82. The summed E-state index contributed by atoms with van der Waals surface area (Å²) in [4.78, 5) is 25.1. The fraction of sp³-hybridized carbons (Fsp3) is 0.474. The quantitative estimate of drug-likeness (QED) is 0.804. The van der Waals surface area contributed by atoms with Crippen LogP contribution in [0.15, 0.2) is 18.2 Å². The number of fused-ring (bicyclic) bond motifs is 1. The van der Waals surface area contributed by atoms with Gasteiger partial charge in [-0.05, 0) is 32.1 Å². The van der Waals surface area contributed by atoms with Crippen LogP contribution in [-0.4, -0.2) is 60.4 Å². The molecule has 2 atom stereocenters. The van der Waals surface area contributed by atoms with Crippen molar-refractivity contribution in [1.29, 1.82) is 0 Å². The molecule has 2 unspecified atom stereocenters. The highest BCUT2D eigenvalue weighted by Gasteiger charge is 2.31. The normalized spacial score (nSPS) is 22.2. The van der Waals surface area contributed by atoms with Crippen LogP contribution in [0.1, 0.15) is 25.0 Å². The van der Waals surface area contributed by atoms with E-state index in [4.69, 9.17) is 14.2 Å². The Balaban J connectivity index is 1.82. The first-order valence-electron chi connectivity index (χ1n) is 8.75. The van der Waals surface area contributed by atoms with Crippen molar-refractivity contribution in [2.45, 2.75) is 32.4 Å². The van der Waals surface area contributed by atoms with Crippen LogP contribution in [0.2, 0.25) is 0 Å². The number of nitrogens with zero attached hydrogens (tertiary/aromatic N) is 1. The molecule has 140 valence electrons. The molecular weight excluding hydrogens is 338 g/mol. The number of amides is 1. The second kappa shape index (κ2) is 7.78. The maximum atomic E-state index is 12.5. The maximum absolute atomic E-state index is 12.5. The Kier molecular flexibility index (Phi) is 5.46. The van der Waals surface area contributed by atoms with E-state index in [1.807, 2.05) is 26.0 Å². The van der Waals surface area contributed by atoms with Gasteiger partial charge < -0.3 is 24.2 Å². The molecule has 0 aliphatic carbocycles. The first-order chi connectivity index (χ1) is 12.5. The number of benzene rings is 1. The molecule has 1 N–H and O–H groups in total. The molecule has 2 aliphatic rings. The third-order valence-electron chi connectivity index (χ3n) is 4.43. The number of hydrogen-bond acceptors (Lipinski definition) is 5. The van der Waals surface area contributed by atoms with E-state index in [9.17, 15) is 14.7 Å². The zero-order valence-corrected chi connectivity index (χ0v) is 14.9. The molecule has 1 aromatic rings. The Morgan fingerprint density at radius 2 is 2.23 bits per heavy atom. The summed E-state index contributed by atoms with van der Waals surface area (Å²) in [6.45, 7) is 5.00. The SMILES string of the molecule is CCOc1cc2c(cc1/C=C/C(=O)N1CCOCC1C(=O)O)OC(C)C2. The number of carboxylic acids is 1. The van der Waals surface area contributed by atoms with Crippen LogP contribution in [0.3, 0.4) is 0 Å². The van der Waals surface area contributed by atoms with Crippen molar-refractivity contribution in [1.82, 2.24) is 4.90 Å². The summed E-state index contributed by atoms with van der Waals surface area (Å²) in [5.74, 6) is 0.0481. The Morgan fingerprint density at radius 3 is 2.96 bits per heavy atom. The van der Waals surface area contributed by atoms with Gasteiger partial charge in [0.05, 0.1) is 19.8 Å². The molecule has 1 fully saturated rings. The van der Waals surface area contributed by atoms with Crippen molar-refractivity contribution in [2.75, 3.05) is 26.4 Å². The summed E-state index contributed by atoms with van der Waals surface area (Å²) in [6.07, 6.45) is 3.97. The van der Waals surface area contributed by atoms with Gasteiger partial charge in [-0.1, -0.05) is 0 Å². The molecule has 26 heavy (non-hydrogen) atoms. The first kappa shape index (κ1) is 18.3. The lowest BCUT2D eigenvalue weighted by Crippen LogP contribution is -2.52. The lowest BCUT2D eigenvalue weighted by atomic mass is 10.1. The molecule has 0 aromatic heterocycles. The van der Waals surface area contributed by atoms with Crippen LogP contribution < -0.4 is 9.47 Å². The minimum absolute atomic E-state index is 0.00365. The minimum Gasteiger partial charge on any atom is -0.493 e. The lowest BCUT2D eigenvalue weighted by Gasteiger charge is -2.32. The van der Waals surface area contributed by atoms with Gasteiger partial charge in [-0.3, -0.25) is 4.79 Å². The highest BCUT2D eigenvalue weighted by molar-refractivity contribution is 5.95. The molecular formula is C19H23NO6. The zero-order chi connectivity index (χ0) is 18.7. The summed E-state index contributed by atoms with van der Waals surface area (Å²) < 4.78 is 16.6. The smallest absolute Gasteiger partial charge is 0.328 e. The average molecular weight is 361 g/mol. The van der Waals surface area contributed by atoms with Crippen LogP contribution in [0.5, 0.6) is 11.5 Å². The van der Waals surface area contributed by atoms with E-state index in [2.05, 4.69) is 0 Å². The fourth-order valence-corrected chi connectivity index (χ4v) is 3.19. The Bertz CT molecular complexity index is 729. The monoisotopic (exact) mass is 361 g/mol. The van der Waals surface area contributed by atoms with Gasteiger partial charge >= 0.3 is 5.97 Å². The molecule has 2 aliphatic heterocycles. The van der Waals surface area contributed by atoms with Crippen molar-refractivity contribution >= 4 is 18.0 Å². The second-order valence-corrected chi connectivity index (χ2v) is 6.36.